The Morgan fingerprint density at radius 2 is 1.81 bits per heavy atom. The maximum atomic E-state index is 13.0. The molecule has 0 radical (unpaired) electrons. The molecule has 8 heteroatoms. The molecule has 5 heterocycles. The fourth-order valence-electron chi connectivity index (χ4n) is 4.76. The first-order valence-corrected chi connectivity index (χ1v) is 11.5. The molecule has 4 aromatic rings. The normalized spacial score (nSPS) is 17.5. The molecule has 2 aliphatic rings. The van der Waals surface area contributed by atoms with E-state index in [1.165, 1.54) is 12.8 Å². The predicted molar refractivity (Wildman–Crippen MR) is 124 cm³/mol. The molecule has 32 heavy (non-hydrogen) atoms. The summed E-state index contributed by atoms with van der Waals surface area (Å²) in [5, 5.41) is 4.67. The lowest BCUT2D eigenvalue weighted by Gasteiger charge is -2.36. The molecule has 0 unspecified atom stereocenters. The van der Waals surface area contributed by atoms with E-state index in [0.29, 0.717) is 17.0 Å². The Bertz CT molecular complexity index is 1380. The zero-order valence-electron chi connectivity index (χ0n) is 18.5. The van der Waals surface area contributed by atoms with Crippen molar-refractivity contribution in [2.75, 3.05) is 31.1 Å². The van der Waals surface area contributed by atoms with E-state index in [2.05, 4.69) is 32.9 Å². The number of nitrogens with zero attached hydrogens (tertiary/aromatic N) is 7. The molecule has 0 bridgehead atoms. The molecule has 2 fully saturated rings. The zero-order chi connectivity index (χ0) is 21.8. The number of piperazine rings is 1. The SMILES string of the molecule is CCc1nc(C)cn2nc(-c3cc(=O)n4cc(N5CCN(C6CC6)CC5)ccc4n3)cc12. The fraction of sp³-hybridized carbons (Fsp3) is 0.417. The number of anilines is 1. The highest BCUT2D eigenvalue weighted by atomic mass is 16.1. The highest BCUT2D eigenvalue weighted by Crippen LogP contribution is 2.28. The Balaban J connectivity index is 1.33. The summed E-state index contributed by atoms with van der Waals surface area (Å²) in [4.78, 5) is 27.3. The van der Waals surface area contributed by atoms with Crippen LogP contribution in [0.15, 0.2) is 41.5 Å². The van der Waals surface area contributed by atoms with Gasteiger partial charge in [-0.25, -0.2) is 9.50 Å². The summed E-state index contributed by atoms with van der Waals surface area (Å²) in [7, 11) is 0. The smallest absolute Gasteiger partial charge is 0.258 e. The van der Waals surface area contributed by atoms with Gasteiger partial charge in [-0.2, -0.15) is 5.10 Å². The minimum absolute atomic E-state index is 0.0921. The van der Waals surface area contributed by atoms with E-state index in [-0.39, 0.29) is 5.56 Å². The molecular formula is C24H27N7O. The first-order chi connectivity index (χ1) is 15.6. The summed E-state index contributed by atoms with van der Waals surface area (Å²) in [6.45, 7) is 8.23. The van der Waals surface area contributed by atoms with E-state index in [1.807, 2.05) is 36.0 Å². The molecule has 1 aliphatic carbocycles. The van der Waals surface area contributed by atoms with Gasteiger partial charge in [0.1, 0.15) is 11.3 Å². The maximum absolute atomic E-state index is 13.0. The Labute approximate surface area is 186 Å². The summed E-state index contributed by atoms with van der Waals surface area (Å²) in [5.74, 6) is 0. The third-order valence-electron chi connectivity index (χ3n) is 6.64. The monoisotopic (exact) mass is 429 g/mol. The average molecular weight is 430 g/mol. The lowest BCUT2D eigenvalue weighted by Crippen LogP contribution is -2.47. The largest absolute Gasteiger partial charge is 0.368 e. The van der Waals surface area contributed by atoms with Crippen LogP contribution >= 0.6 is 0 Å². The summed E-state index contributed by atoms with van der Waals surface area (Å²) in [6.07, 6.45) is 7.35. The Hall–Kier alpha value is -3.26. The molecule has 1 saturated heterocycles. The van der Waals surface area contributed by atoms with Gasteiger partial charge in [0.2, 0.25) is 0 Å². The van der Waals surface area contributed by atoms with Gasteiger partial charge >= 0.3 is 0 Å². The Morgan fingerprint density at radius 1 is 1.00 bits per heavy atom. The minimum atomic E-state index is -0.0921. The number of pyridine rings is 1. The molecular weight excluding hydrogens is 402 g/mol. The van der Waals surface area contributed by atoms with Crippen LogP contribution in [0.4, 0.5) is 5.69 Å². The van der Waals surface area contributed by atoms with Crippen molar-refractivity contribution in [3.8, 4) is 11.4 Å². The molecule has 1 aliphatic heterocycles. The second kappa shape index (κ2) is 7.41. The van der Waals surface area contributed by atoms with Crippen LogP contribution in [0.25, 0.3) is 22.6 Å². The van der Waals surface area contributed by atoms with E-state index in [1.54, 1.807) is 10.5 Å². The topological polar surface area (TPSA) is 71.0 Å². The van der Waals surface area contributed by atoms with Gasteiger partial charge in [-0.15, -0.1) is 0 Å². The third kappa shape index (κ3) is 3.35. The second-order valence-electron chi connectivity index (χ2n) is 8.89. The average Bonchev–Trinajstić information content (AvgIpc) is 3.57. The molecule has 4 aromatic heterocycles. The Kier molecular flexibility index (Phi) is 4.50. The van der Waals surface area contributed by atoms with Crippen molar-refractivity contribution in [1.29, 1.82) is 0 Å². The lowest BCUT2D eigenvalue weighted by molar-refractivity contribution is 0.248. The van der Waals surface area contributed by atoms with Crippen molar-refractivity contribution in [3.63, 3.8) is 0 Å². The highest BCUT2D eigenvalue weighted by Gasteiger charge is 2.31. The number of aromatic nitrogens is 5. The van der Waals surface area contributed by atoms with Crippen LogP contribution in [0, 0.1) is 6.92 Å². The first-order valence-electron chi connectivity index (χ1n) is 11.5. The van der Waals surface area contributed by atoms with Gasteiger partial charge < -0.3 is 4.90 Å². The standard InChI is InChI=1S/C24H27N7O/c1-3-19-22-12-21(27-31(22)14-16(2)25-19)20-13-24(32)30-15-18(6-7-23(30)26-20)29-10-8-28(9-11-29)17-4-5-17/h6-7,12-15,17H,3-5,8-11H2,1-2H3. The summed E-state index contributed by atoms with van der Waals surface area (Å²) >= 11 is 0. The van der Waals surface area contributed by atoms with E-state index in [0.717, 1.165) is 61.2 Å². The summed E-state index contributed by atoms with van der Waals surface area (Å²) in [5.41, 5.74) is 5.76. The molecule has 164 valence electrons. The molecule has 0 N–H and O–H groups in total. The van der Waals surface area contributed by atoms with Crippen molar-refractivity contribution in [1.82, 2.24) is 28.9 Å². The molecule has 6 rings (SSSR count). The van der Waals surface area contributed by atoms with E-state index in [4.69, 9.17) is 4.98 Å². The number of fused-ring (bicyclic) bond motifs is 2. The van der Waals surface area contributed by atoms with Crippen molar-refractivity contribution >= 4 is 16.9 Å². The maximum Gasteiger partial charge on any atom is 0.258 e. The molecule has 0 atom stereocenters. The second-order valence-corrected chi connectivity index (χ2v) is 8.89. The van der Waals surface area contributed by atoms with Crippen LogP contribution in [0.1, 0.15) is 31.2 Å². The van der Waals surface area contributed by atoms with Gasteiger partial charge in [0, 0.05) is 44.5 Å². The third-order valence-corrected chi connectivity index (χ3v) is 6.64. The van der Waals surface area contributed by atoms with Crippen LogP contribution < -0.4 is 10.5 Å². The first kappa shape index (κ1) is 19.4. The van der Waals surface area contributed by atoms with Gasteiger partial charge in [0.15, 0.2) is 0 Å². The van der Waals surface area contributed by atoms with Crippen LogP contribution in [0.3, 0.4) is 0 Å². The number of hydrogen-bond acceptors (Lipinski definition) is 6. The van der Waals surface area contributed by atoms with Crippen molar-refractivity contribution in [3.05, 3.63) is 58.4 Å². The van der Waals surface area contributed by atoms with Crippen LogP contribution in [0.5, 0.6) is 0 Å². The molecule has 0 spiro atoms. The predicted octanol–water partition coefficient (Wildman–Crippen LogP) is 2.56. The van der Waals surface area contributed by atoms with Crippen molar-refractivity contribution < 1.29 is 0 Å². The summed E-state index contributed by atoms with van der Waals surface area (Å²) < 4.78 is 3.48. The Morgan fingerprint density at radius 3 is 2.56 bits per heavy atom. The van der Waals surface area contributed by atoms with E-state index in [9.17, 15) is 4.79 Å². The molecule has 0 amide bonds. The van der Waals surface area contributed by atoms with E-state index >= 15 is 0 Å². The molecule has 1 saturated carbocycles. The highest BCUT2D eigenvalue weighted by molar-refractivity contribution is 5.66. The quantitative estimate of drug-likeness (QED) is 0.497. The minimum Gasteiger partial charge on any atom is -0.368 e. The molecule has 0 aromatic carbocycles. The van der Waals surface area contributed by atoms with Crippen LogP contribution in [-0.2, 0) is 6.42 Å². The lowest BCUT2D eigenvalue weighted by atomic mass is 10.2. The van der Waals surface area contributed by atoms with Gasteiger partial charge in [-0.1, -0.05) is 6.92 Å². The van der Waals surface area contributed by atoms with Crippen LogP contribution in [-0.4, -0.2) is 61.1 Å². The molecule has 8 nitrogen and oxygen atoms in total. The fourth-order valence-corrected chi connectivity index (χ4v) is 4.76. The zero-order valence-corrected chi connectivity index (χ0v) is 18.5. The van der Waals surface area contributed by atoms with Crippen molar-refractivity contribution in [2.24, 2.45) is 0 Å². The van der Waals surface area contributed by atoms with Gasteiger partial charge in [-0.3, -0.25) is 19.1 Å². The van der Waals surface area contributed by atoms with Gasteiger partial charge in [0.05, 0.1) is 34.5 Å². The number of aryl methyl sites for hydroxylation is 2. The van der Waals surface area contributed by atoms with E-state index < -0.39 is 0 Å². The number of hydrogen-bond donors (Lipinski definition) is 0. The number of rotatable bonds is 4. The van der Waals surface area contributed by atoms with Crippen molar-refractivity contribution in [2.45, 2.75) is 39.2 Å². The van der Waals surface area contributed by atoms with Gasteiger partial charge in [-0.05, 0) is 44.4 Å². The summed E-state index contributed by atoms with van der Waals surface area (Å²) in [6, 6.07) is 8.37. The van der Waals surface area contributed by atoms with Gasteiger partial charge in [0.25, 0.3) is 5.56 Å². The van der Waals surface area contributed by atoms with Crippen LogP contribution in [0.2, 0.25) is 0 Å².